The Bertz CT molecular complexity index is 1300. The van der Waals surface area contributed by atoms with E-state index < -0.39 is 21.7 Å². The molecule has 2 aliphatic carbocycles. The number of hydrogen-bond acceptors (Lipinski definition) is 7. The van der Waals surface area contributed by atoms with Crippen LogP contribution in [0.15, 0.2) is 17.1 Å². The summed E-state index contributed by atoms with van der Waals surface area (Å²) in [5.41, 5.74) is -0.695. The first-order chi connectivity index (χ1) is 16.2. The second kappa shape index (κ2) is 8.63. The van der Waals surface area contributed by atoms with Gasteiger partial charge in [0.15, 0.2) is 0 Å². The predicted molar refractivity (Wildman–Crippen MR) is 130 cm³/mol. The standard InChI is InChI=1S/C24H31N5O4S/c1-3-17-13-18-14-25-23(27-21(18)29(22(17)30)20-5-4-10-24(20,2)31)26-19-8-11-28(12-9-19)34(32,33)15-16-6-7-16/h1,13-14,16,19-20,31H,4-12,15H2,2H3,(H,25,26,27)/t20-,24-/m1/s1. The summed E-state index contributed by atoms with van der Waals surface area (Å²) in [6.45, 7) is 2.69. The van der Waals surface area contributed by atoms with Crippen molar-refractivity contribution in [3.63, 3.8) is 0 Å². The Morgan fingerprint density at radius 1 is 1.26 bits per heavy atom. The number of terminal acetylenes is 1. The van der Waals surface area contributed by atoms with Crippen LogP contribution >= 0.6 is 0 Å². The van der Waals surface area contributed by atoms with Crippen molar-refractivity contribution in [3.05, 3.63) is 28.2 Å². The van der Waals surface area contributed by atoms with Gasteiger partial charge in [-0.05, 0) is 63.9 Å². The summed E-state index contributed by atoms with van der Waals surface area (Å²) in [7, 11) is -3.19. The van der Waals surface area contributed by atoms with E-state index >= 15 is 0 Å². The third-order valence-electron chi connectivity index (χ3n) is 7.44. The van der Waals surface area contributed by atoms with Crippen LogP contribution in [0.4, 0.5) is 5.95 Å². The second-order valence-electron chi connectivity index (χ2n) is 10.2. The van der Waals surface area contributed by atoms with Gasteiger partial charge in [-0.1, -0.05) is 5.92 Å². The van der Waals surface area contributed by atoms with Crippen molar-refractivity contribution < 1.29 is 13.5 Å². The van der Waals surface area contributed by atoms with E-state index in [2.05, 4.69) is 21.2 Å². The van der Waals surface area contributed by atoms with Crippen molar-refractivity contribution in [1.82, 2.24) is 18.8 Å². The van der Waals surface area contributed by atoms with E-state index in [1.165, 1.54) is 4.57 Å². The van der Waals surface area contributed by atoms with E-state index in [0.717, 1.165) is 19.3 Å². The van der Waals surface area contributed by atoms with Gasteiger partial charge in [0.05, 0.1) is 23.0 Å². The van der Waals surface area contributed by atoms with E-state index in [9.17, 15) is 18.3 Å². The van der Waals surface area contributed by atoms with Crippen molar-refractivity contribution >= 4 is 27.0 Å². The average Bonchev–Trinajstić information content (AvgIpc) is 3.53. The van der Waals surface area contributed by atoms with Crippen LogP contribution in [-0.4, -0.2) is 62.8 Å². The maximum absolute atomic E-state index is 13.2. The molecule has 0 aromatic carbocycles. The number of hydrogen-bond donors (Lipinski definition) is 2. The van der Waals surface area contributed by atoms with Crippen LogP contribution in [-0.2, 0) is 10.0 Å². The summed E-state index contributed by atoms with van der Waals surface area (Å²) in [6.07, 6.45) is 12.6. The number of pyridine rings is 1. The zero-order valence-corrected chi connectivity index (χ0v) is 20.2. The molecule has 2 aromatic rings. The van der Waals surface area contributed by atoms with Gasteiger partial charge in [0, 0.05) is 30.7 Å². The molecular weight excluding hydrogens is 454 g/mol. The van der Waals surface area contributed by atoms with Crippen LogP contribution in [0, 0.1) is 18.3 Å². The van der Waals surface area contributed by atoms with Gasteiger partial charge in [0.25, 0.3) is 5.56 Å². The smallest absolute Gasteiger partial charge is 0.268 e. The second-order valence-corrected chi connectivity index (χ2v) is 12.2. The molecule has 2 saturated carbocycles. The van der Waals surface area contributed by atoms with Crippen LogP contribution in [0.2, 0.25) is 0 Å². The number of piperidine rings is 1. The summed E-state index contributed by atoms with van der Waals surface area (Å²) >= 11 is 0. The molecule has 0 spiro atoms. The number of rotatable bonds is 6. The van der Waals surface area contributed by atoms with Gasteiger partial charge in [-0.2, -0.15) is 4.98 Å². The monoisotopic (exact) mass is 485 g/mol. The van der Waals surface area contributed by atoms with Gasteiger partial charge in [-0.3, -0.25) is 9.36 Å². The third-order valence-corrected chi connectivity index (χ3v) is 9.49. The molecule has 2 aromatic heterocycles. The Hall–Kier alpha value is -2.48. The number of aliphatic hydroxyl groups is 1. The van der Waals surface area contributed by atoms with Crippen molar-refractivity contribution in [2.24, 2.45) is 5.92 Å². The Labute approximate surface area is 199 Å². The molecule has 1 aliphatic heterocycles. The molecule has 1 saturated heterocycles. The first kappa shape index (κ1) is 23.3. The topological polar surface area (TPSA) is 117 Å². The highest BCUT2D eigenvalue weighted by atomic mass is 32.2. The number of sulfonamides is 1. The summed E-state index contributed by atoms with van der Waals surface area (Å²) < 4.78 is 28.3. The molecule has 0 amide bonds. The van der Waals surface area contributed by atoms with E-state index in [1.54, 1.807) is 23.5 Å². The quantitative estimate of drug-likeness (QED) is 0.600. The van der Waals surface area contributed by atoms with Crippen LogP contribution < -0.4 is 10.9 Å². The first-order valence-electron chi connectivity index (χ1n) is 12.0. The zero-order valence-electron chi connectivity index (χ0n) is 19.4. The molecule has 3 fully saturated rings. The molecular formula is C24H31N5O4S. The number of anilines is 1. The van der Waals surface area contributed by atoms with Crippen molar-refractivity contribution in [2.75, 3.05) is 24.2 Å². The average molecular weight is 486 g/mol. The van der Waals surface area contributed by atoms with Gasteiger partial charge in [0.1, 0.15) is 5.65 Å². The van der Waals surface area contributed by atoms with E-state index in [1.807, 2.05) is 0 Å². The SMILES string of the molecule is C#Cc1cc2cnc(NC3CCN(S(=O)(=O)CC4CC4)CC3)nc2n([C@@H]2CCC[C@@]2(C)O)c1=O. The molecule has 2 atom stereocenters. The summed E-state index contributed by atoms with van der Waals surface area (Å²) in [6, 6.07) is 1.23. The molecule has 10 heteroatoms. The van der Waals surface area contributed by atoms with Crippen molar-refractivity contribution in [2.45, 2.75) is 69.6 Å². The molecule has 3 aliphatic rings. The van der Waals surface area contributed by atoms with Crippen molar-refractivity contribution in [3.8, 4) is 12.3 Å². The van der Waals surface area contributed by atoms with Crippen LogP contribution in [0.1, 0.15) is 63.5 Å². The summed E-state index contributed by atoms with van der Waals surface area (Å²) in [5, 5.41) is 14.9. The number of fused-ring (bicyclic) bond motifs is 1. The summed E-state index contributed by atoms with van der Waals surface area (Å²) in [5.74, 6) is 3.43. The maximum Gasteiger partial charge on any atom is 0.268 e. The maximum atomic E-state index is 13.2. The number of aromatic nitrogens is 3. The first-order valence-corrected chi connectivity index (χ1v) is 13.6. The summed E-state index contributed by atoms with van der Waals surface area (Å²) in [4.78, 5) is 22.3. The van der Waals surface area contributed by atoms with E-state index in [0.29, 0.717) is 61.7 Å². The number of nitrogens with zero attached hydrogens (tertiary/aromatic N) is 4. The fourth-order valence-corrected chi connectivity index (χ4v) is 7.18. The molecule has 3 heterocycles. The minimum Gasteiger partial charge on any atom is -0.388 e. The highest BCUT2D eigenvalue weighted by Gasteiger charge is 2.40. The van der Waals surface area contributed by atoms with E-state index in [-0.39, 0.29) is 22.9 Å². The van der Waals surface area contributed by atoms with Crippen molar-refractivity contribution in [1.29, 1.82) is 0 Å². The highest BCUT2D eigenvalue weighted by molar-refractivity contribution is 7.89. The van der Waals surface area contributed by atoms with Crippen LogP contribution in [0.25, 0.3) is 11.0 Å². The van der Waals surface area contributed by atoms with Gasteiger partial charge < -0.3 is 10.4 Å². The largest absolute Gasteiger partial charge is 0.388 e. The molecule has 0 radical (unpaired) electrons. The van der Waals surface area contributed by atoms with Gasteiger partial charge in [-0.25, -0.2) is 17.7 Å². The lowest BCUT2D eigenvalue weighted by molar-refractivity contribution is 0.0266. The van der Waals surface area contributed by atoms with Crippen LogP contribution in [0.3, 0.4) is 0 Å². The molecule has 34 heavy (non-hydrogen) atoms. The fraction of sp³-hybridized carbons (Fsp3) is 0.625. The fourth-order valence-electron chi connectivity index (χ4n) is 5.27. The minimum atomic E-state index is -3.19. The van der Waals surface area contributed by atoms with E-state index in [4.69, 9.17) is 6.42 Å². The Morgan fingerprint density at radius 3 is 2.62 bits per heavy atom. The Morgan fingerprint density at radius 2 is 2.00 bits per heavy atom. The van der Waals surface area contributed by atoms with Crippen LogP contribution in [0.5, 0.6) is 0 Å². The Kier molecular flexibility index (Phi) is 5.91. The lowest BCUT2D eigenvalue weighted by Gasteiger charge is -2.32. The highest BCUT2D eigenvalue weighted by Crippen LogP contribution is 2.39. The minimum absolute atomic E-state index is 0.0320. The van der Waals surface area contributed by atoms with Gasteiger partial charge in [0.2, 0.25) is 16.0 Å². The molecule has 0 bridgehead atoms. The predicted octanol–water partition coefficient (Wildman–Crippen LogP) is 1.86. The third kappa shape index (κ3) is 4.44. The molecule has 5 rings (SSSR count). The molecule has 182 valence electrons. The molecule has 0 unspecified atom stereocenters. The van der Waals surface area contributed by atoms with Gasteiger partial charge in [-0.15, -0.1) is 6.42 Å². The zero-order chi connectivity index (χ0) is 24.1. The molecule has 2 N–H and O–H groups in total. The lowest BCUT2D eigenvalue weighted by atomic mass is 9.99. The van der Waals surface area contributed by atoms with Gasteiger partial charge >= 0.3 is 0 Å². The molecule has 9 nitrogen and oxygen atoms in total. The lowest BCUT2D eigenvalue weighted by Crippen LogP contribution is -2.43. The normalized spacial score (nSPS) is 26.6. The Balaban J connectivity index is 1.39. The number of nitrogens with one attached hydrogen (secondary N) is 1.